The van der Waals surface area contributed by atoms with E-state index in [4.69, 9.17) is 14.6 Å². The predicted octanol–water partition coefficient (Wildman–Crippen LogP) is 5.01. The minimum absolute atomic E-state index is 0.293. The molecule has 0 aliphatic carbocycles. The van der Waals surface area contributed by atoms with Crippen LogP contribution < -0.4 is 4.74 Å². The van der Waals surface area contributed by atoms with Crippen molar-refractivity contribution in [2.24, 2.45) is 0 Å². The number of aliphatic hydroxyl groups excluding tert-OH is 2. The molecule has 0 saturated carbocycles. The number of hydrogen-bond acceptors (Lipinski definition) is 5. The zero-order valence-corrected chi connectivity index (χ0v) is 19.3. The molecule has 4 aromatic carbocycles. The van der Waals surface area contributed by atoms with Gasteiger partial charge in [0.1, 0.15) is 18.5 Å². The van der Waals surface area contributed by atoms with Gasteiger partial charge in [-0.2, -0.15) is 0 Å². The van der Waals surface area contributed by atoms with Gasteiger partial charge in [-0.1, -0.05) is 84.4 Å². The van der Waals surface area contributed by atoms with E-state index in [1.165, 1.54) is 0 Å². The van der Waals surface area contributed by atoms with E-state index in [2.05, 4.69) is 0 Å². The molecule has 5 nitrogen and oxygen atoms in total. The Morgan fingerprint density at radius 1 is 0.971 bits per heavy atom. The number of aliphatic hydroxyl groups is 2. The Balaban J connectivity index is 1.71. The number of ether oxygens (including phenoxy) is 2. The van der Waals surface area contributed by atoms with Crippen molar-refractivity contribution >= 4 is 22.8 Å². The van der Waals surface area contributed by atoms with Gasteiger partial charge in [-0.3, -0.25) is 0 Å². The summed E-state index contributed by atoms with van der Waals surface area (Å²) < 4.78 is 12.2. The lowest BCUT2D eigenvalue weighted by Gasteiger charge is -2.37. The average molecular weight is 467 g/mol. The van der Waals surface area contributed by atoms with Crippen molar-refractivity contribution in [3.8, 4) is 5.75 Å². The van der Waals surface area contributed by atoms with Crippen molar-refractivity contribution in [1.29, 1.82) is 0 Å². The van der Waals surface area contributed by atoms with E-state index in [0.29, 0.717) is 16.9 Å². The normalized spacial score (nSPS) is 14.7. The van der Waals surface area contributed by atoms with E-state index in [9.17, 15) is 9.90 Å². The van der Waals surface area contributed by atoms with E-state index in [-0.39, 0.29) is 6.61 Å². The molecule has 0 aromatic heterocycles. The molecule has 0 bridgehead atoms. The molecular formula is C30H26O5. The molecule has 0 radical (unpaired) electrons. The van der Waals surface area contributed by atoms with Gasteiger partial charge in [0.25, 0.3) is 0 Å². The average Bonchev–Trinajstić information content (AvgIpc) is 2.91. The third-order valence-electron chi connectivity index (χ3n) is 6.28. The number of esters is 1. The van der Waals surface area contributed by atoms with Crippen LogP contribution in [0.4, 0.5) is 0 Å². The van der Waals surface area contributed by atoms with Crippen LogP contribution in [0.15, 0.2) is 91.0 Å². The topological polar surface area (TPSA) is 76.0 Å². The van der Waals surface area contributed by atoms with Crippen LogP contribution in [0.3, 0.4) is 0 Å². The third kappa shape index (κ3) is 4.20. The van der Waals surface area contributed by atoms with Crippen molar-refractivity contribution < 1.29 is 24.5 Å². The Bertz CT molecular complexity index is 1350. The first-order valence-electron chi connectivity index (χ1n) is 11.5. The van der Waals surface area contributed by atoms with Gasteiger partial charge < -0.3 is 19.7 Å². The van der Waals surface area contributed by atoms with Crippen LogP contribution in [-0.4, -0.2) is 35.5 Å². The number of carbonyl (C=O) groups is 1. The Labute approximate surface area is 203 Å². The highest BCUT2D eigenvalue weighted by Gasteiger charge is 2.38. The molecule has 0 amide bonds. The molecule has 0 saturated heterocycles. The number of hydrogen-bond donors (Lipinski definition) is 2. The molecule has 2 N–H and O–H groups in total. The lowest BCUT2D eigenvalue weighted by molar-refractivity contribution is 0.00926. The van der Waals surface area contributed by atoms with Crippen molar-refractivity contribution in [3.63, 3.8) is 0 Å². The van der Waals surface area contributed by atoms with Gasteiger partial charge in [-0.15, -0.1) is 0 Å². The summed E-state index contributed by atoms with van der Waals surface area (Å²) in [7, 11) is 0. The molecule has 1 atom stereocenters. The lowest BCUT2D eigenvalue weighted by atomic mass is 9.82. The summed E-state index contributed by atoms with van der Waals surface area (Å²) in [5, 5.41) is 20.5. The second kappa shape index (κ2) is 9.37. The standard InChI is InChI=1S/C30H26O5/c1-20-12-13-25-21(16-20)17-27(29(33)34-19-24(32)18-31)26-14-15-30(35-28(25)26,22-8-4-2-5-9-22)23-10-6-3-7-11-23/h2-17,24,31-32H,18-19H2,1H3. The number of benzene rings is 4. The Kier molecular flexibility index (Phi) is 6.12. The zero-order chi connectivity index (χ0) is 24.4. The van der Waals surface area contributed by atoms with Crippen molar-refractivity contribution in [3.05, 3.63) is 119 Å². The van der Waals surface area contributed by atoms with Gasteiger partial charge in [0.05, 0.1) is 12.2 Å². The van der Waals surface area contributed by atoms with Crippen LogP contribution in [0.2, 0.25) is 0 Å². The number of rotatable bonds is 6. The molecule has 1 heterocycles. The van der Waals surface area contributed by atoms with Gasteiger partial charge in [0, 0.05) is 22.1 Å². The van der Waals surface area contributed by atoms with E-state index < -0.39 is 24.3 Å². The molecule has 1 aliphatic rings. The maximum atomic E-state index is 13.1. The smallest absolute Gasteiger partial charge is 0.338 e. The van der Waals surface area contributed by atoms with Gasteiger partial charge in [0.2, 0.25) is 0 Å². The molecule has 4 aromatic rings. The highest BCUT2D eigenvalue weighted by molar-refractivity contribution is 6.04. The first-order chi connectivity index (χ1) is 17.0. The maximum absolute atomic E-state index is 13.1. The molecule has 5 rings (SSSR count). The molecule has 0 fully saturated rings. The fraction of sp³-hybridized carbons (Fsp3) is 0.167. The van der Waals surface area contributed by atoms with Crippen molar-refractivity contribution in [2.45, 2.75) is 18.6 Å². The van der Waals surface area contributed by atoms with Crippen LogP contribution in [0.1, 0.15) is 32.6 Å². The minimum Gasteiger partial charge on any atom is -0.472 e. The molecule has 0 spiro atoms. The lowest BCUT2D eigenvalue weighted by Crippen LogP contribution is -2.34. The van der Waals surface area contributed by atoms with Crippen LogP contribution in [0.5, 0.6) is 5.75 Å². The summed E-state index contributed by atoms with van der Waals surface area (Å²) >= 11 is 0. The monoisotopic (exact) mass is 466 g/mol. The van der Waals surface area contributed by atoms with E-state index in [0.717, 1.165) is 27.5 Å². The first kappa shape index (κ1) is 22.8. The SMILES string of the molecule is Cc1ccc2c3c(c(C(=O)OCC(O)CO)cc2c1)C=CC(c1ccccc1)(c1ccccc1)O3. The molecule has 35 heavy (non-hydrogen) atoms. The van der Waals surface area contributed by atoms with Crippen LogP contribution >= 0.6 is 0 Å². The predicted molar refractivity (Wildman–Crippen MR) is 135 cm³/mol. The Morgan fingerprint density at radius 2 is 1.63 bits per heavy atom. The summed E-state index contributed by atoms with van der Waals surface area (Å²) in [6.45, 7) is 1.22. The molecule has 5 heteroatoms. The first-order valence-corrected chi connectivity index (χ1v) is 11.5. The van der Waals surface area contributed by atoms with Crippen LogP contribution in [0, 0.1) is 6.92 Å². The van der Waals surface area contributed by atoms with Gasteiger partial charge in [0.15, 0.2) is 5.60 Å². The second-order valence-electron chi connectivity index (χ2n) is 8.73. The molecule has 1 unspecified atom stereocenters. The third-order valence-corrected chi connectivity index (χ3v) is 6.28. The summed E-state index contributed by atoms with van der Waals surface area (Å²) in [6, 6.07) is 27.8. The molecule has 176 valence electrons. The van der Waals surface area contributed by atoms with Gasteiger partial charge >= 0.3 is 5.97 Å². The van der Waals surface area contributed by atoms with E-state index >= 15 is 0 Å². The minimum atomic E-state index is -1.13. The fourth-order valence-electron chi connectivity index (χ4n) is 4.50. The molecule has 1 aliphatic heterocycles. The number of fused-ring (bicyclic) bond motifs is 3. The summed E-state index contributed by atoms with van der Waals surface area (Å²) in [6.07, 6.45) is 2.75. The maximum Gasteiger partial charge on any atom is 0.338 e. The van der Waals surface area contributed by atoms with Gasteiger partial charge in [-0.25, -0.2) is 4.79 Å². The molecular weight excluding hydrogens is 440 g/mol. The quantitative estimate of drug-likeness (QED) is 0.391. The summed E-state index contributed by atoms with van der Waals surface area (Å²) in [5.41, 5.74) is 3.06. The van der Waals surface area contributed by atoms with E-state index in [1.54, 1.807) is 6.07 Å². The highest BCUT2D eigenvalue weighted by atomic mass is 16.5. The largest absolute Gasteiger partial charge is 0.472 e. The van der Waals surface area contributed by atoms with E-state index in [1.807, 2.05) is 97.9 Å². The number of carbonyl (C=O) groups excluding carboxylic acids is 1. The Morgan fingerprint density at radius 3 is 2.26 bits per heavy atom. The fourth-order valence-corrected chi connectivity index (χ4v) is 4.50. The Hall–Kier alpha value is -3.93. The zero-order valence-electron chi connectivity index (χ0n) is 19.3. The highest BCUT2D eigenvalue weighted by Crippen LogP contribution is 2.46. The van der Waals surface area contributed by atoms with Crippen LogP contribution in [0.25, 0.3) is 16.8 Å². The van der Waals surface area contributed by atoms with Crippen molar-refractivity contribution in [1.82, 2.24) is 0 Å². The number of aryl methyl sites for hydroxylation is 1. The second-order valence-corrected chi connectivity index (χ2v) is 8.73. The van der Waals surface area contributed by atoms with Crippen molar-refractivity contribution in [2.75, 3.05) is 13.2 Å². The summed E-state index contributed by atoms with van der Waals surface area (Å²) in [5.74, 6) is 0.00434. The van der Waals surface area contributed by atoms with Gasteiger partial charge in [-0.05, 0) is 30.5 Å². The summed E-state index contributed by atoms with van der Waals surface area (Å²) in [4.78, 5) is 13.1. The van der Waals surface area contributed by atoms with Crippen LogP contribution in [-0.2, 0) is 10.3 Å².